The van der Waals surface area contributed by atoms with Crippen LogP contribution < -0.4 is 5.32 Å². The van der Waals surface area contributed by atoms with Crippen LogP contribution in [0.15, 0.2) is 0 Å². The predicted molar refractivity (Wildman–Crippen MR) is 86.0 cm³/mol. The molecule has 3 rings (SSSR count). The van der Waals surface area contributed by atoms with Crippen LogP contribution in [0.3, 0.4) is 0 Å². The lowest BCUT2D eigenvalue weighted by Gasteiger charge is -2.44. The third kappa shape index (κ3) is 3.57. The summed E-state index contributed by atoms with van der Waals surface area (Å²) in [5.74, 6) is 2.03. The largest absolute Gasteiger partial charge is 0.311 e. The van der Waals surface area contributed by atoms with E-state index in [1.165, 1.54) is 83.8 Å². The van der Waals surface area contributed by atoms with Gasteiger partial charge in [-0.25, -0.2) is 0 Å². The summed E-state index contributed by atoms with van der Waals surface area (Å²) in [7, 11) is 0. The zero-order chi connectivity index (χ0) is 13.8. The molecule has 3 fully saturated rings. The zero-order valence-electron chi connectivity index (χ0n) is 13.4. The molecule has 2 unspecified atom stereocenters. The van der Waals surface area contributed by atoms with E-state index in [-0.39, 0.29) is 0 Å². The molecule has 0 spiro atoms. The maximum atomic E-state index is 3.89. The smallest absolute Gasteiger partial charge is 0.0224 e. The van der Waals surface area contributed by atoms with Gasteiger partial charge in [0.25, 0.3) is 0 Å². The topological polar surface area (TPSA) is 15.3 Å². The van der Waals surface area contributed by atoms with Crippen LogP contribution in [0.4, 0.5) is 0 Å². The molecule has 2 saturated carbocycles. The Bertz CT molecular complexity index is 281. The molecule has 20 heavy (non-hydrogen) atoms. The Morgan fingerprint density at radius 3 is 2.45 bits per heavy atom. The van der Waals surface area contributed by atoms with E-state index in [2.05, 4.69) is 17.1 Å². The Labute approximate surface area is 125 Å². The van der Waals surface area contributed by atoms with Crippen LogP contribution >= 0.6 is 0 Å². The lowest BCUT2D eigenvalue weighted by atomic mass is 9.81. The Kier molecular flexibility index (Phi) is 5.39. The first-order valence-electron chi connectivity index (χ1n) is 9.34. The molecule has 0 bridgehead atoms. The number of rotatable bonds is 5. The van der Waals surface area contributed by atoms with Crippen LogP contribution in [0, 0.1) is 11.8 Å². The van der Waals surface area contributed by atoms with Crippen molar-refractivity contribution in [1.82, 2.24) is 10.2 Å². The summed E-state index contributed by atoms with van der Waals surface area (Å²) in [6.45, 7) is 6.30. The third-order valence-electron chi connectivity index (χ3n) is 6.30. The highest BCUT2D eigenvalue weighted by molar-refractivity contribution is 4.90. The van der Waals surface area contributed by atoms with Gasteiger partial charge in [-0.3, -0.25) is 4.90 Å². The second-order valence-electron chi connectivity index (χ2n) is 7.56. The van der Waals surface area contributed by atoms with Gasteiger partial charge in [0.1, 0.15) is 0 Å². The summed E-state index contributed by atoms with van der Waals surface area (Å²) in [5, 5.41) is 3.89. The number of nitrogens with one attached hydrogen (secondary N) is 1. The first kappa shape index (κ1) is 14.8. The van der Waals surface area contributed by atoms with Crippen molar-refractivity contribution in [3.05, 3.63) is 0 Å². The van der Waals surface area contributed by atoms with Gasteiger partial charge in [0.2, 0.25) is 0 Å². The van der Waals surface area contributed by atoms with Gasteiger partial charge in [-0.1, -0.05) is 45.4 Å². The van der Waals surface area contributed by atoms with Gasteiger partial charge >= 0.3 is 0 Å². The second kappa shape index (κ2) is 7.26. The fourth-order valence-corrected chi connectivity index (χ4v) is 4.54. The minimum absolute atomic E-state index is 0.791. The Balaban J connectivity index is 1.50. The van der Waals surface area contributed by atoms with E-state index in [1.54, 1.807) is 0 Å². The summed E-state index contributed by atoms with van der Waals surface area (Å²) in [5.41, 5.74) is 0. The van der Waals surface area contributed by atoms with E-state index in [1.807, 2.05) is 0 Å². The summed E-state index contributed by atoms with van der Waals surface area (Å²) in [6.07, 6.45) is 14.7. The average molecular weight is 278 g/mol. The van der Waals surface area contributed by atoms with Crippen LogP contribution in [-0.2, 0) is 0 Å². The van der Waals surface area contributed by atoms with Crippen molar-refractivity contribution in [2.45, 2.75) is 83.2 Å². The van der Waals surface area contributed by atoms with Gasteiger partial charge < -0.3 is 5.32 Å². The van der Waals surface area contributed by atoms with Crippen molar-refractivity contribution in [1.29, 1.82) is 0 Å². The molecule has 0 amide bonds. The minimum Gasteiger partial charge on any atom is -0.311 e. The quantitative estimate of drug-likeness (QED) is 0.822. The van der Waals surface area contributed by atoms with Crippen molar-refractivity contribution in [3.8, 4) is 0 Å². The number of hydrogen-bond donors (Lipinski definition) is 1. The van der Waals surface area contributed by atoms with Crippen molar-refractivity contribution in [2.24, 2.45) is 11.8 Å². The van der Waals surface area contributed by atoms with Gasteiger partial charge in [-0.2, -0.15) is 0 Å². The van der Waals surface area contributed by atoms with Gasteiger partial charge in [-0.15, -0.1) is 0 Å². The normalized spacial score (nSPS) is 34.0. The Hall–Kier alpha value is -0.0800. The third-order valence-corrected chi connectivity index (χ3v) is 6.30. The molecule has 0 aromatic heterocycles. The van der Waals surface area contributed by atoms with Crippen molar-refractivity contribution >= 4 is 0 Å². The van der Waals surface area contributed by atoms with E-state index in [4.69, 9.17) is 0 Å². The van der Waals surface area contributed by atoms with Crippen molar-refractivity contribution in [2.75, 3.05) is 19.6 Å². The lowest BCUT2D eigenvalue weighted by Crippen LogP contribution is -2.59. The summed E-state index contributed by atoms with van der Waals surface area (Å²) in [4.78, 5) is 2.84. The molecular formula is C18H34N2. The monoisotopic (exact) mass is 278 g/mol. The average Bonchev–Trinajstić information content (AvgIpc) is 2.46. The first-order valence-corrected chi connectivity index (χ1v) is 9.34. The highest BCUT2D eigenvalue weighted by Gasteiger charge is 2.32. The summed E-state index contributed by atoms with van der Waals surface area (Å²) < 4.78 is 0. The fraction of sp³-hybridized carbons (Fsp3) is 1.00. The predicted octanol–water partition coefficient (Wildman–Crippen LogP) is 3.81. The highest BCUT2D eigenvalue weighted by atomic mass is 15.2. The number of nitrogens with zero attached hydrogens (tertiary/aromatic N) is 1. The van der Waals surface area contributed by atoms with Crippen LogP contribution in [0.2, 0.25) is 0 Å². The molecule has 2 heteroatoms. The fourth-order valence-electron chi connectivity index (χ4n) is 4.54. The van der Waals surface area contributed by atoms with E-state index < -0.39 is 0 Å². The molecule has 1 aliphatic heterocycles. The standard InChI is InChI=1S/C18H34N2/c1-2-17-13-19-18(16-9-4-3-5-10-16)14-20(17)12-11-15-7-6-8-15/h15-19H,2-14H2,1H3. The van der Waals surface area contributed by atoms with Gasteiger partial charge in [0.15, 0.2) is 0 Å². The molecule has 1 saturated heterocycles. The molecule has 0 radical (unpaired) electrons. The lowest BCUT2D eigenvalue weighted by molar-refractivity contribution is 0.0830. The number of piperazine rings is 1. The van der Waals surface area contributed by atoms with E-state index >= 15 is 0 Å². The molecule has 116 valence electrons. The van der Waals surface area contributed by atoms with Crippen LogP contribution in [0.1, 0.15) is 71.1 Å². The first-order chi connectivity index (χ1) is 9.86. The molecule has 0 aromatic rings. The second-order valence-corrected chi connectivity index (χ2v) is 7.56. The zero-order valence-corrected chi connectivity index (χ0v) is 13.4. The van der Waals surface area contributed by atoms with Crippen molar-refractivity contribution < 1.29 is 0 Å². The molecule has 2 nitrogen and oxygen atoms in total. The molecule has 1 N–H and O–H groups in total. The van der Waals surface area contributed by atoms with E-state index in [0.29, 0.717) is 0 Å². The molecular weight excluding hydrogens is 244 g/mol. The molecule has 2 aliphatic carbocycles. The van der Waals surface area contributed by atoms with Crippen LogP contribution in [-0.4, -0.2) is 36.6 Å². The Morgan fingerprint density at radius 1 is 1.00 bits per heavy atom. The maximum Gasteiger partial charge on any atom is 0.0224 e. The minimum atomic E-state index is 0.791. The van der Waals surface area contributed by atoms with Crippen molar-refractivity contribution in [3.63, 3.8) is 0 Å². The number of hydrogen-bond acceptors (Lipinski definition) is 2. The Morgan fingerprint density at radius 2 is 1.80 bits per heavy atom. The summed E-state index contributed by atoms with van der Waals surface area (Å²) in [6, 6.07) is 1.59. The maximum absolute atomic E-state index is 3.89. The van der Waals surface area contributed by atoms with E-state index in [0.717, 1.165) is 23.9 Å². The highest BCUT2D eigenvalue weighted by Crippen LogP contribution is 2.31. The van der Waals surface area contributed by atoms with Crippen LogP contribution in [0.25, 0.3) is 0 Å². The van der Waals surface area contributed by atoms with E-state index in [9.17, 15) is 0 Å². The molecule has 1 heterocycles. The SMILES string of the molecule is CCC1CNC(C2CCCCC2)CN1CCC1CCC1. The molecule has 2 atom stereocenters. The van der Waals surface area contributed by atoms with Gasteiger partial charge in [0, 0.05) is 25.2 Å². The van der Waals surface area contributed by atoms with Gasteiger partial charge in [0.05, 0.1) is 0 Å². The summed E-state index contributed by atoms with van der Waals surface area (Å²) >= 11 is 0. The molecule has 0 aromatic carbocycles. The van der Waals surface area contributed by atoms with Crippen LogP contribution in [0.5, 0.6) is 0 Å². The molecule has 3 aliphatic rings. The van der Waals surface area contributed by atoms with Gasteiger partial charge in [-0.05, 0) is 44.1 Å².